The van der Waals surface area contributed by atoms with E-state index >= 15 is 0 Å². The molecule has 1 rings (SSSR count). The van der Waals surface area contributed by atoms with E-state index in [1.54, 1.807) is 12.1 Å². The fourth-order valence-electron chi connectivity index (χ4n) is 1.78. The third-order valence-corrected chi connectivity index (χ3v) is 2.84. The molecular weight excluding hydrogens is 266 g/mol. The van der Waals surface area contributed by atoms with E-state index in [4.69, 9.17) is 4.74 Å². The van der Waals surface area contributed by atoms with Crippen molar-refractivity contribution in [1.82, 2.24) is 5.32 Å². The second-order valence-corrected chi connectivity index (χ2v) is 7.20. The molecule has 1 aromatic carbocycles. The van der Waals surface area contributed by atoms with Gasteiger partial charge < -0.3 is 10.1 Å². The van der Waals surface area contributed by atoms with Crippen LogP contribution in [-0.2, 0) is 14.9 Å². The Morgan fingerprint density at radius 2 is 1.52 bits per heavy atom. The van der Waals surface area contributed by atoms with Gasteiger partial charge in [-0.15, -0.1) is 0 Å². The Balaban J connectivity index is 2.59. The summed E-state index contributed by atoms with van der Waals surface area (Å²) < 4.78 is 5.01. The summed E-state index contributed by atoms with van der Waals surface area (Å²) in [6.07, 6.45) is 0. The molecule has 116 valence electrons. The van der Waals surface area contributed by atoms with Gasteiger partial charge >= 0.3 is 5.97 Å². The smallest absolute Gasteiger partial charge is 0.338 e. The van der Waals surface area contributed by atoms with E-state index in [0.29, 0.717) is 5.56 Å². The first-order valence-corrected chi connectivity index (χ1v) is 7.08. The van der Waals surface area contributed by atoms with Gasteiger partial charge in [0.05, 0.1) is 5.56 Å². The molecular formula is C17H25NO3. The van der Waals surface area contributed by atoms with Crippen molar-refractivity contribution in [3.05, 3.63) is 35.4 Å². The lowest BCUT2D eigenvalue weighted by Crippen LogP contribution is -2.42. The Hall–Kier alpha value is -1.84. The standard InChI is InChI=1S/C17H25NO3/c1-16(2,3)13-9-7-12(8-10-13)15(20)21-11-14(19)18-17(4,5)6/h7-10H,11H2,1-6H3,(H,18,19). The van der Waals surface area contributed by atoms with Gasteiger partial charge in [-0.25, -0.2) is 4.79 Å². The second kappa shape index (κ2) is 6.29. The first-order chi connectivity index (χ1) is 9.49. The molecule has 0 aromatic heterocycles. The van der Waals surface area contributed by atoms with E-state index in [1.165, 1.54) is 0 Å². The maximum Gasteiger partial charge on any atom is 0.338 e. The predicted octanol–water partition coefficient (Wildman–Crippen LogP) is 3.06. The number of benzene rings is 1. The molecule has 0 fully saturated rings. The van der Waals surface area contributed by atoms with Crippen LogP contribution in [0.5, 0.6) is 0 Å². The van der Waals surface area contributed by atoms with Crippen LogP contribution >= 0.6 is 0 Å². The molecule has 21 heavy (non-hydrogen) atoms. The van der Waals surface area contributed by atoms with Crippen LogP contribution in [0.3, 0.4) is 0 Å². The minimum Gasteiger partial charge on any atom is -0.452 e. The van der Waals surface area contributed by atoms with Gasteiger partial charge in [0.1, 0.15) is 0 Å². The highest BCUT2D eigenvalue weighted by atomic mass is 16.5. The molecule has 0 heterocycles. The quantitative estimate of drug-likeness (QED) is 0.871. The number of ether oxygens (including phenoxy) is 1. The molecule has 1 N–H and O–H groups in total. The van der Waals surface area contributed by atoms with Crippen LogP contribution < -0.4 is 5.32 Å². The zero-order valence-electron chi connectivity index (χ0n) is 13.7. The van der Waals surface area contributed by atoms with Crippen molar-refractivity contribution in [3.8, 4) is 0 Å². The Bertz CT molecular complexity index is 504. The fourth-order valence-corrected chi connectivity index (χ4v) is 1.78. The molecule has 0 radical (unpaired) electrons. The van der Waals surface area contributed by atoms with Crippen LogP contribution in [-0.4, -0.2) is 24.0 Å². The summed E-state index contributed by atoms with van der Waals surface area (Å²) in [5, 5.41) is 2.74. The maximum atomic E-state index is 11.9. The SMILES string of the molecule is CC(C)(C)NC(=O)COC(=O)c1ccc(C(C)(C)C)cc1. The molecule has 1 amide bonds. The summed E-state index contributed by atoms with van der Waals surface area (Å²) >= 11 is 0. The van der Waals surface area contributed by atoms with Crippen molar-refractivity contribution in [2.75, 3.05) is 6.61 Å². The van der Waals surface area contributed by atoms with E-state index in [2.05, 4.69) is 26.1 Å². The summed E-state index contributed by atoms with van der Waals surface area (Å²) in [7, 11) is 0. The van der Waals surface area contributed by atoms with Gasteiger partial charge in [-0.3, -0.25) is 4.79 Å². The minimum atomic E-state index is -0.487. The number of amides is 1. The number of hydrogen-bond donors (Lipinski definition) is 1. The number of hydrogen-bond acceptors (Lipinski definition) is 3. The monoisotopic (exact) mass is 291 g/mol. The van der Waals surface area contributed by atoms with Gasteiger partial charge in [-0.2, -0.15) is 0 Å². The minimum absolute atomic E-state index is 0.0367. The topological polar surface area (TPSA) is 55.4 Å². The number of esters is 1. The summed E-state index contributed by atoms with van der Waals surface area (Å²) in [6, 6.07) is 7.27. The first kappa shape index (κ1) is 17.2. The molecule has 0 aliphatic heterocycles. The van der Waals surface area contributed by atoms with Crippen molar-refractivity contribution in [2.45, 2.75) is 52.5 Å². The van der Waals surface area contributed by atoms with Crippen molar-refractivity contribution in [2.24, 2.45) is 0 Å². The largest absolute Gasteiger partial charge is 0.452 e. The summed E-state index contributed by atoms with van der Waals surface area (Å²) in [5.41, 5.74) is 1.29. The highest BCUT2D eigenvalue weighted by Gasteiger charge is 2.17. The van der Waals surface area contributed by atoms with Crippen molar-refractivity contribution < 1.29 is 14.3 Å². The van der Waals surface area contributed by atoms with Gasteiger partial charge in [-0.05, 0) is 43.9 Å². The van der Waals surface area contributed by atoms with Crippen LogP contribution in [0, 0.1) is 0 Å². The van der Waals surface area contributed by atoms with Gasteiger partial charge in [0.25, 0.3) is 5.91 Å². The van der Waals surface area contributed by atoms with E-state index in [1.807, 2.05) is 32.9 Å². The van der Waals surface area contributed by atoms with Crippen LogP contribution in [0.1, 0.15) is 57.5 Å². The molecule has 0 aliphatic rings. The summed E-state index contributed by atoms with van der Waals surface area (Å²) in [4.78, 5) is 23.5. The molecule has 0 atom stereocenters. The molecule has 0 saturated carbocycles. The zero-order chi connectivity index (χ0) is 16.3. The predicted molar refractivity (Wildman–Crippen MR) is 83.3 cm³/mol. The highest BCUT2D eigenvalue weighted by Crippen LogP contribution is 2.22. The lowest BCUT2D eigenvalue weighted by Gasteiger charge is -2.20. The van der Waals surface area contributed by atoms with Gasteiger partial charge in [0, 0.05) is 5.54 Å². The number of carbonyl (C=O) groups is 2. The van der Waals surface area contributed by atoms with Crippen LogP contribution in [0.15, 0.2) is 24.3 Å². The number of carbonyl (C=O) groups excluding carboxylic acids is 2. The molecule has 0 unspecified atom stereocenters. The Labute approximate surface area is 126 Å². The Morgan fingerprint density at radius 3 is 1.95 bits per heavy atom. The molecule has 0 saturated heterocycles. The lowest BCUT2D eigenvalue weighted by molar-refractivity contribution is -0.125. The molecule has 4 nitrogen and oxygen atoms in total. The van der Waals surface area contributed by atoms with Crippen molar-refractivity contribution in [1.29, 1.82) is 0 Å². The second-order valence-electron chi connectivity index (χ2n) is 7.20. The van der Waals surface area contributed by atoms with Crippen LogP contribution in [0.2, 0.25) is 0 Å². The van der Waals surface area contributed by atoms with Gasteiger partial charge in [-0.1, -0.05) is 32.9 Å². The van der Waals surface area contributed by atoms with Crippen molar-refractivity contribution in [3.63, 3.8) is 0 Å². The third kappa shape index (κ3) is 5.98. The van der Waals surface area contributed by atoms with Crippen LogP contribution in [0.25, 0.3) is 0 Å². The molecule has 0 spiro atoms. The average Bonchev–Trinajstić information content (AvgIpc) is 2.33. The van der Waals surface area contributed by atoms with E-state index in [-0.39, 0.29) is 23.5 Å². The normalized spacial score (nSPS) is 11.9. The Kier molecular flexibility index (Phi) is 5.15. The molecule has 0 aliphatic carbocycles. The van der Waals surface area contributed by atoms with E-state index in [9.17, 15) is 9.59 Å². The fraction of sp³-hybridized carbons (Fsp3) is 0.529. The lowest BCUT2D eigenvalue weighted by atomic mass is 9.87. The Morgan fingerprint density at radius 1 is 1.00 bits per heavy atom. The number of nitrogens with one attached hydrogen (secondary N) is 1. The number of rotatable bonds is 3. The van der Waals surface area contributed by atoms with E-state index in [0.717, 1.165) is 5.56 Å². The van der Waals surface area contributed by atoms with Gasteiger partial charge in [0.2, 0.25) is 0 Å². The maximum absolute atomic E-state index is 11.9. The van der Waals surface area contributed by atoms with Gasteiger partial charge in [0.15, 0.2) is 6.61 Å². The molecule has 1 aromatic rings. The molecule has 0 bridgehead atoms. The average molecular weight is 291 g/mol. The molecule has 4 heteroatoms. The van der Waals surface area contributed by atoms with E-state index < -0.39 is 5.97 Å². The first-order valence-electron chi connectivity index (χ1n) is 7.08. The third-order valence-electron chi connectivity index (χ3n) is 2.84. The summed E-state index contributed by atoms with van der Waals surface area (Å²) in [6.45, 7) is 11.7. The zero-order valence-corrected chi connectivity index (χ0v) is 13.7. The van der Waals surface area contributed by atoms with Crippen LogP contribution in [0.4, 0.5) is 0 Å². The summed E-state index contributed by atoms with van der Waals surface area (Å²) in [5.74, 6) is -0.790. The van der Waals surface area contributed by atoms with Crippen molar-refractivity contribution >= 4 is 11.9 Å². The highest BCUT2D eigenvalue weighted by molar-refractivity contribution is 5.91.